The summed E-state index contributed by atoms with van der Waals surface area (Å²) in [5.41, 5.74) is 4.31. The molecule has 3 aromatic rings. The van der Waals surface area contributed by atoms with Crippen LogP contribution in [0.4, 0.5) is 5.82 Å². The molecule has 8 heteroatoms. The molecule has 0 aliphatic heterocycles. The molecular formula is C26H28N4O4. The van der Waals surface area contributed by atoms with Crippen LogP contribution < -0.4 is 16.1 Å². The molecule has 0 spiro atoms. The molecule has 34 heavy (non-hydrogen) atoms. The van der Waals surface area contributed by atoms with Crippen LogP contribution in [0.25, 0.3) is 0 Å². The fourth-order valence-electron chi connectivity index (χ4n) is 2.91. The quantitative estimate of drug-likeness (QED) is 0.210. The summed E-state index contributed by atoms with van der Waals surface area (Å²) in [6, 6.07) is 19.0. The van der Waals surface area contributed by atoms with E-state index in [1.54, 1.807) is 30.5 Å². The van der Waals surface area contributed by atoms with E-state index >= 15 is 0 Å². The minimum Gasteiger partial charge on any atom is -0.391 e. The van der Waals surface area contributed by atoms with Gasteiger partial charge in [-0.05, 0) is 48.9 Å². The molecule has 3 rings (SSSR count). The number of hydrogen-bond acceptors (Lipinski definition) is 6. The number of nitrogens with one attached hydrogen (secondary N) is 3. The Bertz CT molecular complexity index is 1140. The second kappa shape index (κ2) is 12.7. The zero-order valence-corrected chi connectivity index (χ0v) is 17.9. The van der Waals surface area contributed by atoms with Gasteiger partial charge < -0.3 is 15.7 Å². The Morgan fingerprint density at radius 3 is 2.21 bits per heavy atom. The van der Waals surface area contributed by atoms with Crippen molar-refractivity contribution in [1.29, 1.82) is 0 Å². The molecule has 5 N–H and O–H groups in total. The number of aliphatic hydroxyl groups is 1. The zero-order chi connectivity index (χ0) is 23.6. The van der Waals surface area contributed by atoms with Crippen molar-refractivity contribution in [3.8, 4) is 11.8 Å². The molecule has 8 nitrogen and oxygen atoms in total. The molecule has 0 saturated carbocycles. The molecule has 2 aromatic carbocycles. The van der Waals surface area contributed by atoms with Crippen LogP contribution in [0.2, 0.25) is 0 Å². The summed E-state index contributed by atoms with van der Waals surface area (Å²) >= 11 is 0. The highest BCUT2D eigenvalue weighted by atomic mass is 16.5. The maximum absolute atomic E-state index is 12.3. The highest BCUT2D eigenvalue weighted by Crippen LogP contribution is 2.08. The fourth-order valence-corrected chi connectivity index (χ4v) is 2.91. The average Bonchev–Trinajstić information content (AvgIpc) is 2.85. The number of carbonyl (C=O) groups is 2. The number of anilines is 1. The summed E-state index contributed by atoms with van der Waals surface area (Å²) in [6.07, 6.45) is 0.504. The first-order chi connectivity index (χ1) is 16.0. The minimum absolute atomic E-state index is 0. The van der Waals surface area contributed by atoms with E-state index in [0.717, 1.165) is 11.4 Å². The van der Waals surface area contributed by atoms with Gasteiger partial charge >= 0.3 is 0 Å². The lowest BCUT2D eigenvalue weighted by atomic mass is 10.1. The van der Waals surface area contributed by atoms with E-state index in [1.165, 1.54) is 18.0 Å². The first-order valence-corrected chi connectivity index (χ1v) is 10.2. The van der Waals surface area contributed by atoms with Gasteiger partial charge in [0.2, 0.25) is 0 Å². The maximum Gasteiger partial charge on any atom is 0.268 e. The van der Waals surface area contributed by atoms with Crippen molar-refractivity contribution in [3.05, 3.63) is 95.2 Å². The first kappa shape index (κ1) is 26.1. The molecule has 0 saturated heterocycles. The summed E-state index contributed by atoms with van der Waals surface area (Å²) < 4.78 is 0. The SMILES string of the molecule is C.C[C@@H](O)[C@H](NC(=O)c1ccc(C#Cc2ccc(NCc3ccccc3)nc2)cc1)C(=O)NO. The van der Waals surface area contributed by atoms with Crippen LogP contribution in [-0.2, 0) is 11.3 Å². The van der Waals surface area contributed by atoms with Crippen LogP contribution in [0.1, 0.15) is 41.4 Å². The van der Waals surface area contributed by atoms with Crippen LogP contribution in [0.3, 0.4) is 0 Å². The molecule has 0 aliphatic carbocycles. The van der Waals surface area contributed by atoms with E-state index in [9.17, 15) is 14.7 Å². The highest BCUT2D eigenvalue weighted by molar-refractivity contribution is 5.97. The molecule has 1 heterocycles. The summed E-state index contributed by atoms with van der Waals surface area (Å²) in [5.74, 6) is 5.32. The predicted octanol–water partition coefficient (Wildman–Crippen LogP) is 2.71. The highest BCUT2D eigenvalue weighted by Gasteiger charge is 2.25. The number of rotatable bonds is 7. The van der Waals surface area contributed by atoms with E-state index in [4.69, 9.17) is 5.21 Å². The Morgan fingerprint density at radius 2 is 1.62 bits per heavy atom. The van der Waals surface area contributed by atoms with E-state index in [-0.39, 0.29) is 13.0 Å². The number of amides is 2. The van der Waals surface area contributed by atoms with Crippen molar-refractivity contribution in [2.45, 2.75) is 33.0 Å². The zero-order valence-electron chi connectivity index (χ0n) is 17.9. The third-order valence-electron chi connectivity index (χ3n) is 4.74. The van der Waals surface area contributed by atoms with Gasteiger partial charge in [0.25, 0.3) is 11.8 Å². The topological polar surface area (TPSA) is 124 Å². The summed E-state index contributed by atoms with van der Waals surface area (Å²) in [4.78, 5) is 28.2. The molecule has 176 valence electrons. The molecule has 0 fully saturated rings. The second-order valence-corrected chi connectivity index (χ2v) is 7.27. The van der Waals surface area contributed by atoms with Gasteiger partial charge in [-0.1, -0.05) is 49.6 Å². The van der Waals surface area contributed by atoms with Crippen LogP contribution in [-0.4, -0.2) is 39.3 Å². The predicted molar refractivity (Wildman–Crippen MR) is 130 cm³/mol. The Balaban J connectivity index is 0.00000408. The number of carbonyl (C=O) groups excluding carboxylic acids is 2. The number of aliphatic hydroxyl groups excluding tert-OH is 1. The Labute approximate surface area is 199 Å². The van der Waals surface area contributed by atoms with Gasteiger partial charge in [0.15, 0.2) is 0 Å². The fraction of sp³-hybridized carbons (Fsp3) is 0.192. The number of hydrogen-bond donors (Lipinski definition) is 5. The van der Waals surface area contributed by atoms with Gasteiger partial charge in [-0.15, -0.1) is 0 Å². The molecule has 1 aromatic heterocycles. The van der Waals surface area contributed by atoms with Gasteiger partial charge in [0.05, 0.1) is 6.10 Å². The van der Waals surface area contributed by atoms with Crippen molar-refractivity contribution >= 4 is 17.6 Å². The third-order valence-corrected chi connectivity index (χ3v) is 4.74. The van der Waals surface area contributed by atoms with Gasteiger partial charge in [0, 0.05) is 29.4 Å². The third kappa shape index (κ3) is 7.45. The van der Waals surface area contributed by atoms with E-state index < -0.39 is 24.0 Å². The Hall–Kier alpha value is -4.19. The smallest absolute Gasteiger partial charge is 0.268 e. The molecular weight excluding hydrogens is 432 g/mol. The van der Waals surface area contributed by atoms with Crippen LogP contribution in [0.15, 0.2) is 72.9 Å². The van der Waals surface area contributed by atoms with Crippen molar-refractivity contribution in [3.63, 3.8) is 0 Å². The first-order valence-electron chi connectivity index (χ1n) is 10.2. The van der Waals surface area contributed by atoms with Crippen LogP contribution in [0.5, 0.6) is 0 Å². The van der Waals surface area contributed by atoms with Gasteiger partial charge in [-0.2, -0.15) is 0 Å². The number of nitrogens with zero attached hydrogens (tertiary/aromatic N) is 1. The van der Waals surface area contributed by atoms with E-state index in [2.05, 4.69) is 27.5 Å². The lowest BCUT2D eigenvalue weighted by Gasteiger charge is -2.19. The minimum atomic E-state index is -1.28. The normalized spacial score (nSPS) is 11.6. The van der Waals surface area contributed by atoms with Crippen LogP contribution >= 0.6 is 0 Å². The standard InChI is InChI=1S/C25H24N4O4.CH4/c1-17(30)23(25(32)29-33)28-24(31)21-12-9-18(10-13-21)7-8-20-11-14-22(27-16-20)26-15-19-5-3-2-4-6-19;/h2-6,9-14,16-17,23,30,33H,15H2,1H3,(H,26,27)(H,28,31)(H,29,32);1H4/t17-,23+;/m1./s1. The second-order valence-electron chi connectivity index (χ2n) is 7.27. The van der Waals surface area contributed by atoms with E-state index in [1.807, 2.05) is 42.5 Å². The van der Waals surface area contributed by atoms with Crippen molar-refractivity contribution in [1.82, 2.24) is 15.8 Å². The monoisotopic (exact) mass is 460 g/mol. The maximum atomic E-state index is 12.3. The van der Waals surface area contributed by atoms with Gasteiger partial charge in [-0.3, -0.25) is 14.8 Å². The number of benzene rings is 2. The van der Waals surface area contributed by atoms with Gasteiger partial charge in [0.1, 0.15) is 11.9 Å². The molecule has 0 unspecified atom stereocenters. The molecule has 2 amide bonds. The van der Waals surface area contributed by atoms with Crippen molar-refractivity contribution < 1.29 is 19.9 Å². The Morgan fingerprint density at radius 1 is 0.971 bits per heavy atom. The number of hydroxylamine groups is 1. The lowest BCUT2D eigenvalue weighted by Crippen LogP contribution is -2.51. The Kier molecular flexibility index (Phi) is 9.77. The molecule has 0 bridgehead atoms. The summed E-state index contributed by atoms with van der Waals surface area (Å²) in [7, 11) is 0. The van der Waals surface area contributed by atoms with Crippen molar-refractivity contribution in [2.75, 3.05) is 5.32 Å². The lowest BCUT2D eigenvalue weighted by molar-refractivity contribution is -0.133. The molecule has 0 aliphatic rings. The number of aromatic nitrogens is 1. The van der Waals surface area contributed by atoms with Gasteiger partial charge in [-0.25, -0.2) is 10.5 Å². The molecule has 0 radical (unpaired) electrons. The average molecular weight is 461 g/mol. The summed E-state index contributed by atoms with van der Waals surface area (Å²) in [6.45, 7) is 2.01. The van der Waals surface area contributed by atoms with Crippen molar-refractivity contribution in [2.24, 2.45) is 0 Å². The van der Waals surface area contributed by atoms with Crippen LogP contribution in [0, 0.1) is 11.8 Å². The summed E-state index contributed by atoms with van der Waals surface area (Å²) in [5, 5.41) is 24.0. The molecule has 2 atom stereocenters. The van der Waals surface area contributed by atoms with E-state index in [0.29, 0.717) is 12.1 Å². The largest absolute Gasteiger partial charge is 0.391 e. The number of pyridine rings is 1.